The fraction of sp³-hybridized carbons (Fsp3) is 0.312. The van der Waals surface area contributed by atoms with Gasteiger partial charge in [-0.25, -0.2) is 0 Å². The van der Waals surface area contributed by atoms with Crippen LogP contribution in [0.3, 0.4) is 0 Å². The van der Waals surface area contributed by atoms with E-state index >= 15 is 0 Å². The van der Waals surface area contributed by atoms with Gasteiger partial charge in [0.1, 0.15) is 24.7 Å². The summed E-state index contributed by atoms with van der Waals surface area (Å²) in [5.41, 5.74) is 3.30. The lowest BCUT2D eigenvalue weighted by Crippen LogP contribution is -2.31. The summed E-state index contributed by atoms with van der Waals surface area (Å²) < 4.78 is 16.5. The lowest BCUT2D eigenvalue weighted by Gasteiger charge is -2.27. The Balaban J connectivity index is 1.55. The number of carbonyl (C=O) groups excluding carboxylic acids is 2. The van der Waals surface area contributed by atoms with Gasteiger partial charge in [0.05, 0.1) is 18.7 Å². The molecule has 0 saturated carbocycles. The predicted molar refractivity (Wildman–Crippen MR) is 148 cm³/mol. The molecule has 0 aromatic heterocycles. The number of aliphatic hydroxyl groups excluding tert-OH is 1. The number of hydrogen-bond acceptors (Lipinski definition) is 6. The van der Waals surface area contributed by atoms with Crippen molar-refractivity contribution in [3.05, 3.63) is 94.6 Å². The molecule has 2 aliphatic heterocycles. The molecule has 3 aromatic rings. The van der Waals surface area contributed by atoms with Crippen LogP contribution in [0.2, 0.25) is 0 Å². The van der Waals surface area contributed by atoms with Crippen LogP contribution in [0.1, 0.15) is 49.1 Å². The molecule has 1 atom stereocenters. The van der Waals surface area contributed by atoms with Gasteiger partial charge in [0.2, 0.25) is 0 Å². The number of ketones is 1. The van der Waals surface area contributed by atoms with Gasteiger partial charge in [-0.05, 0) is 58.9 Å². The summed E-state index contributed by atoms with van der Waals surface area (Å²) in [5, 5.41) is 11.5. The van der Waals surface area contributed by atoms with Crippen molar-refractivity contribution in [2.24, 2.45) is 0 Å². The summed E-state index contributed by atoms with van der Waals surface area (Å²) in [7, 11) is 1.61. The van der Waals surface area contributed by atoms with Crippen molar-refractivity contribution >= 4 is 17.4 Å². The van der Waals surface area contributed by atoms with Crippen molar-refractivity contribution in [3.8, 4) is 17.2 Å². The van der Waals surface area contributed by atoms with Gasteiger partial charge < -0.3 is 24.2 Å². The van der Waals surface area contributed by atoms with E-state index < -0.39 is 17.7 Å². The standard InChI is InChI=1S/C32H33NO6/c1-32(2,3)23-10-7-21(8-11-23)28-27(29(34)22-9-14-25-26(19-22)39-18-17-38-25)30(35)31(36)33(28)16-15-20-5-12-24(37-4)13-6-20/h5-14,19,28,34H,15-18H2,1-4H3/b29-27-. The average molecular weight is 528 g/mol. The minimum atomic E-state index is -0.731. The second-order valence-electron chi connectivity index (χ2n) is 10.8. The molecule has 39 heavy (non-hydrogen) atoms. The molecule has 1 saturated heterocycles. The van der Waals surface area contributed by atoms with Crippen LogP contribution in [-0.2, 0) is 21.4 Å². The maximum atomic E-state index is 13.4. The topological polar surface area (TPSA) is 85.3 Å². The number of ether oxygens (including phenoxy) is 3. The quantitative estimate of drug-likeness (QED) is 0.262. The Kier molecular flexibility index (Phi) is 7.08. The molecule has 0 radical (unpaired) electrons. The van der Waals surface area contributed by atoms with Gasteiger partial charge in [0, 0.05) is 12.1 Å². The van der Waals surface area contributed by atoms with Crippen LogP contribution in [0, 0.1) is 0 Å². The predicted octanol–water partition coefficient (Wildman–Crippen LogP) is 5.43. The molecule has 1 N–H and O–H groups in total. The Labute approximate surface area is 228 Å². The molecular formula is C32H33NO6. The Bertz CT molecular complexity index is 1420. The molecule has 0 bridgehead atoms. The zero-order valence-electron chi connectivity index (χ0n) is 22.7. The van der Waals surface area contributed by atoms with Crippen LogP contribution in [0.5, 0.6) is 17.2 Å². The second kappa shape index (κ2) is 10.5. The minimum absolute atomic E-state index is 0.0556. The molecule has 3 aromatic carbocycles. The summed E-state index contributed by atoms with van der Waals surface area (Å²) in [6.07, 6.45) is 0.539. The highest BCUT2D eigenvalue weighted by Crippen LogP contribution is 2.41. The zero-order valence-corrected chi connectivity index (χ0v) is 22.7. The smallest absolute Gasteiger partial charge is 0.295 e. The molecule has 7 heteroatoms. The number of amides is 1. The number of hydrogen-bond donors (Lipinski definition) is 1. The van der Waals surface area contributed by atoms with E-state index in [1.165, 1.54) is 0 Å². The molecule has 1 fully saturated rings. The highest BCUT2D eigenvalue weighted by atomic mass is 16.6. The van der Waals surface area contributed by atoms with E-state index in [0.717, 1.165) is 22.4 Å². The Hall–Kier alpha value is -4.26. The first-order valence-corrected chi connectivity index (χ1v) is 13.1. The third-order valence-corrected chi connectivity index (χ3v) is 7.25. The monoisotopic (exact) mass is 527 g/mol. The van der Waals surface area contributed by atoms with Gasteiger partial charge >= 0.3 is 0 Å². The first-order valence-electron chi connectivity index (χ1n) is 13.1. The van der Waals surface area contributed by atoms with Crippen molar-refractivity contribution in [3.63, 3.8) is 0 Å². The van der Waals surface area contributed by atoms with Gasteiger partial charge in [-0.1, -0.05) is 57.2 Å². The third kappa shape index (κ3) is 5.21. The lowest BCUT2D eigenvalue weighted by atomic mass is 9.85. The zero-order chi connectivity index (χ0) is 27.7. The Morgan fingerprint density at radius 2 is 1.62 bits per heavy atom. The maximum Gasteiger partial charge on any atom is 0.295 e. The number of methoxy groups -OCH3 is 1. The number of Topliss-reactive ketones (excluding diaryl/α,β-unsaturated/α-hetero) is 1. The molecule has 0 spiro atoms. The number of likely N-dealkylation sites (tertiary alicyclic amines) is 1. The number of benzene rings is 3. The van der Waals surface area contributed by atoms with E-state index in [1.807, 2.05) is 48.5 Å². The molecule has 202 valence electrons. The van der Waals surface area contributed by atoms with Gasteiger partial charge in [-0.3, -0.25) is 9.59 Å². The highest BCUT2D eigenvalue weighted by molar-refractivity contribution is 6.46. The first-order chi connectivity index (χ1) is 18.7. The summed E-state index contributed by atoms with van der Waals surface area (Å²) in [5.74, 6) is 0.242. The van der Waals surface area contributed by atoms with E-state index in [1.54, 1.807) is 30.2 Å². The molecule has 0 aliphatic carbocycles. The number of rotatable bonds is 6. The van der Waals surface area contributed by atoms with E-state index in [9.17, 15) is 14.7 Å². The van der Waals surface area contributed by atoms with Crippen molar-refractivity contribution in [1.29, 1.82) is 0 Å². The van der Waals surface area contributed by atoms with Gasteiger partial charge in [-0.2, -0.15) is 0 Å². The lowest BCUT2D eigenvalue weighted by molar-refractivity contribution is -0.139. The second-order valence-corrected chi connectivity index (χ2v) is 10.8. The van der Waals surface area contributed by atoms with Gasteiger partial charge in [0.25, 0.3) is 11.7 Å². The SMILES string of the molecule is COc1ccc(CCN2C(=O)C(=O)/C(=C(\O)c3ccc4c(c3)OCCO4)C2c2ccc(C(C)(C)C)cc2)cc1. The third-order valence-electron chi connectivity index (χ3n) is 7.25. The van der Waals surface area contributed by atoms with Crippen LogP contribution in [0.4, 0.5) is 0 Å². The molecular weight excluding hydrogens is 494 g/mol. The summed E-state index contributed by atoms with van der Waals surface area (Å²) in [4.78, 5) is 28.4. The van der Waals surface area contributed by atoms with Gasteiger partial charge in [0.15, 0.2) is 11.5 Å². The largest absolute Gasteiger partial charge is 0.507 e. The van der Waals surface area contributed by atoms with Crippen LogP contribution in [-0.4, -0.2) is 48.6 Å². The van der Waals surface area contributed by atoms with Crippen LogP contribution >= 0.6 is 0 Å². The normalized spacial score (nSPS) is 18.4. The van der Waals surface area contributed by atoms with E-state index in [4.69, 9.17) is 14.2 Å². The molecule has 1 unspecified atom stereocenters. The van der Waals surface area contributed by atoms with Crippen molar-refractivity contribution in [1.82, 2.24) is 4.90 Å². The highest BCUT2D eigenvalue weighted by Gasteiger charge is 2.46. The maximum absolute atomic E-state index is 13.4. The van der Waals surface area contributed by atoms with Crippen LogP contribution < -0.4 is 14.2 Å². The summed E-state index contributed by atoms with van der Waals surface area (Å²) in [6.45, 7) is 7.54. The number of nitrogens with zero attached hydrogens (tertiary/aromatic N) is 1. The van der Waals surface area contributed by atoms with Crippen molar-refractivity contribution in [2.45, 2.75) is 38.6 Å². The first kappa shape index (κ1) is 26.4. The van der Waals surface area contributed by atoms with E-state index in [-0.39, 0.29) is 16.7 Å². The van der Waals surface area contributed by atoms with E-state index in [0.29, 0.717) is 43.2 Å². The number of carbonyl (C=O) groups is 2. The molecule has 2 aliphatic rings. The van der Waals surface area contributed by atoms with E-state index in [2.05, 4.69) is 20.8 Å². The Morgan fingerprint density at radius 3 is 2.26 bits per heavy atom. The number of fused-ring (bicyclic) bond motifs is 1. The van der Waals surface area contributed by atoms with Crippen molar-refractivity contribution in [2.75, 3.05) is 26.9 Å². The van der Waals surface area contributed by atoms with Crippen molar-refractivity contribution < 1.29 is 28.9 Å². The molecule has 1 amide bonds. The van der Waals surface area contributed by atoms with Crippen LogP contribution in [0.15, 0.2) is 72.3 Å². The minimum Gasteiger partial charge on any atom is -0.507 e. The summed E-state index contributed by atoms with van der Waals surface area (Å²) in [6, 6.07) is 19.8. The molecule has 2 heterocycles. The fourth-order valence-corrected chi connectivity index (χ4v) is 5.01. The fourth-order valence-electron chi connectivity index (χ4n) is 5.01. The average Bonchev–Trinajstić information content (AvgIpc) is 3.20. The van der Waals surface area contributed by atoms with Crippen LogP contribution in [0.25, 0.3) is 5.76 Å². The number of aliphatic hydroxyl groups is 1. The summed E-state index contributed by atoms with van der Waals surface area (Å²) >= 11 is 0. The van der Waals surface area contributed by atoms with Gasteiger partial charge in [-0.15, -0.1) is 0 Å². The Morgan fingerprint density at radius 1 is 0.949 bits per heavy atom. The molecule has 5 rings (SSSR count). The molecule has 7 nitrogen and oxygen atoms in total.